The monoisotopic (exact) mass is 318 g/mol. The maximum atomic E-state index is 11.9. The van der Waals surface area contributed by atoms with Crippen LogP contribution in [0.1, 0.15) is 10.4 Å². The van der Waals surface area contributed by atoms with Crippen LogP contribution in [-0.4, -0.2) is 20.9 Å². The van der Waals surface area contributed by atoms with Gasteiger partial charge < -0.3 is 5.11 Å². The van der Waals surface area contributed by atoms with E-state index < -0.39 is 27.1 Å². The minimum Gasteiger partial charge on any atom is -0.508 e. The summed E-state index contributed by atoms with van der Waals surface area (Å²) in [6.07, 6.45) is 0. The van der Waals surface area contributed by atoms with Gasteiger partial charge in [0.25, 0.3) is 11.6 Å². The summed E-state index contributed by atoms with van der Waals surface area (Å²) in [5, 5.41) is 30.7. The summed E-state index contributed by atoms with van der Waals surface area (Å²) < 4.78 is 0. The van der Waals surface area contributed by atoms with Gasteiger partial charge in [0.05, 0.1) is 15.9 Å². The standard InChI is InChI=1S/C13H10N4O6/c18-10-4-1-8(2-5-10)13(19)15-14-11-6-3-9(16(20)21)7-12(11)17(22)23/h1-7,14,18H,(H,15,19). The smallest absolute Gasteiger partial charge is 0.300 e. The minimum atomic E-state index is -0.804. The number of rotatable bonds is 5. The number of nitro benzene ring substituents is 2. The molecule has 0 atom stereocenters. The van der Waals surface area contributed by atoms with Gasteiger partial charge in [-0.1, -0.05) is 0 Å². The van der Waals surface area contributed by atoms with Crippen molar-refractivity contribution in [2.75, 3.05) is 5.43 Å². The Bertz CT molecular complexity index is 775. The summed E-state index contributed by atoms with van der Waals surface area (Å²) in [5.41, 5.74) is 3.70. The van der Waals surface area contributed by atoms with E-state index >= 15 is 0 Å². The van der Waals surface area contributed by atoms with Crippen LogP contribution in [0.4, 0.5) is 17.1 Å². The second-order valence-electron chi connectivity index (χ2n) is 4.34. The number of benzene rings is 2. The summed E-state index contributed by atoms with van der Waals surface area (Å²) >= 11 is 0. The first kappa shape index (κ1) is 15.7. The van der Waals surface area contributed by atoms with Crippen LogP contribution in [0, 0.1) is 20.2 Å². The van der Waals surface area contributed by atoms with Crippen LogP contribution in [0.5, 0.6) is 5.75 Å². The van der Waals surface area contributed by atoms with Crippen LogP contribution >= 0.6 is 0 Å². The zero-order valence-corrected chi connectivity index (χ0v) is 11.4. The van der Waals surface area contributed by atoms with E-state index in [2.05, 4.69) is 10.9 Å². The number of nitrogens with zero attached hydrogens (tertiary/aromatic N) is 2. The van der Waals surface area contributed by atoms with Gasteiger partial charge in [-0.2, -0.15) is 0 Å². The van der Waals surface area contributed by atoms with Crippen molar-refractivity contribution < 1.29 is 19.7 Å². The van der Waals surface area contributed by atoms with Crippen molar-refractivity contribution in [3.05, 3.63) is 68.3 Å². The molecule has 0 spiro atoms. The molecule has 0 heterocycles. The van der Waals surface area contributed by atoms with Gasteiger partial charge in [0.2, 0.25) is 0 Å². The van der Waals surface area contributed by atoms with Gasteiger partial charge in [-0.05, 0) is 30.3 Å². The number of carbonyl (C=O) groups excluding carboxylic acids is 1. The number of carbonyl (C=O) groups is 1. The molecule has 23 heavy (non-hydrogen) atoms. The molecule has 0 radical (unpaired) electrons. The lowest BCUT2D eigenvalue weighted by molar-refractivity contribution is -0.393. The van der Waals surface area contributed by atoms with E-state index in [-0.39, 0.29) is 17.0 Å². The Morgan fingerprint density at radius 3 is 2.22 bits per heavy atom. The molecule has 0 saturated heterocycles. The quantitative estimate of drug-likeness (QED) is 0.563. The van der Waals surface area contributed by atoms with Gasteiger partial charge in [0, 0.05) is 11.6 Å². The highest BCUT2D eigenvalue weighted by Crippen LogP contribution is 2.28. The van der Waals surface area contributed by atoms with Crippen molar-refractivity contribution in [1.29, 1.82) is 0 Å². The van der Waals surface area contributed by atoms with Crippen LogP contribution < -0.4 is 10.9 Å². The fourth-order valence-corrected chi connectivity index (χ4v) is 1.70. The summed E-state index contributed by atoms with van der Waals surface area (Å²) in [6.45, 7) is 0. The predicted molar refractivity (Wildman–Crippen MR) is 78.9 cm³/mol. The number of aromatic hydroxyl groups is 1. The van der Waals surface area contributed by atoms with Gasteiger partial charge in [0.1, 0.15) is 11.4 Å². The molecule has 0 aliphatic rings. The average Bonchev–Trinajstić information content (AvgIpc) is 2.52. The normalized spacial score (nSPS) is 9.91. The Hall–Kier alpha value is -3.69. The van der Waals surface area contributed by atoms with Gasteiger partial charge in [-0.25, -0.2) is 0 Å². The van der Waals surface area contributed by atoms with E-state index in [1.54, 1.807) is 0 Å². The van der Waals surface area contributed by atoms with Crippen molar-refractivity contribution in [3.63, 3.8) is 0 Å². The molecule has 2 rings (SSSR count). The molecule has 1 amide bonds. The van der Waals surface area contributed by atoms with Crippen LogP contribution in [0.15, 0.2) is 42.5 Å². The molecule has 0 saturated carbocycles. The average molecular weight is 318 g/mol. The maximum absolute atomic E-state index is 11.9. The second kappa shape index (κ2) is 6.39. The predicted octanol–water partition coefficient (Wildman–Crippen LogP) is 1.97. The summed E-state index contributed by atoms with van der Waals surface area (Å²) in [5.74, 6) is -0.613. The number of hydrazine groups is 1. The Labute approximate surface area is 128 Å². The molecule has 0 aromatic heterocycles. The van der Waals surface area contributed by atoms with E-state index in [1.807, 2.05) is 0 Å². The molecule has 0 fully saturated rings. The number of phenolic OH excluding ortho intramolecular Hbond substituents is 1. The SMILES string of the molecule is O=C(NNc1ccc([N+](=O)[O-])cc1[N+](=O)[O-])c1ccc(O)cc1. The third kappa shape index (κ3) is 3.69. The van der Waals surface area contributed by atoms with Crippen molar-refractivity contribution in [3.8, 4) is 5.75 Å². The van der Waals surface area contributed by atoms with E-state index in [9.17, 15) is 25.0 Å². The van der Waals surface area contributed by atoms with E-state index in [4.69, 9.17) is 5.11 Å². The number of amides is 1. The number of nitrogens with one attached hydrogen (secondary N) is 2. The fourth-order valence-electron chi connectivity index (χ4n) is 1.70. The molecule has 0 unspecified atom stereocenters. The van der Waals surface area contributed by atoms with Gasteiger partial charge in [-0.3, -0.25) is 35.9 Å². The fraction of sp³-hybridized carbons (Fsp3) is 0. The lowest BCUT2D eigenvalue weighted by atomic mass is 10.2. The minimum absolute atomic E-state index is 0.0134. The zero-order valence-electron chi connectivity index (χ0n) is 11.4. The molecule has 118 valence electrons. The van der Waals surface area contributed by atoms with E-state index in [0.29, 0.717) is 0 Å². The molecular formula is C13H10N4O6. The van der Waals surface area contributed by atoms with Crippen molar-refractivity contribution in [2.45, 2.75) is 0 Å². The summed E-state index contributed by atoms with van der Waals surface area (Å²) in [6, 6.07) is 8.31. The Balaban J connectivity index is 2.16. The zero-order chi connectivity index (χ0) is 17.0. The Kier molecular flexibility index (Phi) is 4.36. The largest absolute Gasteiger partial charge is 0.508 e. The summed E-state index contributed by atoms with van der Waals surface area (Å²) in [7, 11) is 0. The first-order chi connectivity index (χ1) is 10.9. The molecule has 0 aliphatic carbocycles. The van der Waals surface area contributed by atoms with E-state index in [0.717, 1.165) is 18.2 Å². The van der Waals surface area contributed by atoms with Crippen LogP contribution in [-0.2, 0) is 0 Å². The van der Waals surface area contributed by atoms with Crippen LogP contribution in [0.2, 0.25) is 0 Å². The lowest BCUT2D eigenvalue weighted by Gasteiger charge is -2.09. The van der Waals surface area contributed by atoms with Gasteiger partial charge in [-0.15, -0.1) is 0 Å². The first-order valence-electron chi connectivity index (χ1n) is 6.16. The molecule has 3 N–H and O–H groups in total. The highest BCUT2D eigenvalue weighted by molar-refractivity contribution is 5.95. The van der Waals surface area contributed by atoms with Crippen molar-refractivity contribution in [2.24, 2.45) is 0 Å². The van der Waals surface area contributed by atoms with Crippen LogP contribution in [0.25, 0.3) is 0 Å². The number of nitro groups is 2. The molecule has 2 aromatic carbocycles. The molecular weight excluding hydrogens is 308 g/mol. The van der Waals surface area contributed by atoms with E-state index in [1.165, 1.54) is 24.3 Å². The topological polar surface area (TPSA) is 148 Å². The first-order valence-corrected chi connectivity index (χ1v) is 6.16. The highest BCUT2D eigenvalue weighted by atomic mass is 16.6. The Morgan fingerprint density at radius 1 is 1.00 bits per heavy atom. The molecule has 10 heteroatoms. The third-order valence-electron chi connectivity index (χ3n) is 2.83. The highest BCUT2D eigenvalue weighted by Gasteiger charge is 2.19. The number of hydrogen-bond acceptors (Lipinski definition) is 7. The molecule has 0 aliphatic heterocycles. The van der Waals surface area contributed by atoms with Gasteiger partial charge >= 0.3 is 5.69 Å². The van der Waals surface area contributed by atoms with Crippen LogP contribution in [0.3, 0.4) is 0 Å². The number of anilines is 1. The number of phenols is 1. The second-order valence-corrected chi connectivity index (χ2v) is 4.34. The molecule has 0 bridgehead atoms. The third-order valence-corrected chi connectivity index (χ3v) is 2.83. The maximum Gasteiger partial charge on any atom is 0.300 e. The van der Waals surface area contributed by atoms with Crippen molar-refractivity contribution in [1.82, 2.24) is 5.43 Å². The summed E-state index contributed by atoms with van der Waals surface area (Å²) in [4.78, 5) is 31.9. The number of non-ortho nitro benzene ring substituents is 1. The number of hydrogen-bond donors (Lipinski definition) is 3. The lowest BCUT2D eigenvalue weighted by Crippen LogP contribution is -2.29. The Morgan fingerprint density at radius 2 is 1.65 bits per heavy atom. The molecule has 2 aromatic rings. The van der Waals surface area contributed by atoms with Crippen molar-refractivity contribution >= 4 is 23.0 Å². The molecule has 10 nitrogen and oxygen atoms in total. The van der Waals surface area contributed by atoms with Gasteiger partial charge in [0.15, 0.2) is 0 Å².